The topological polar surface area (TPSA) is 102 Å². The zero-order valence-corrected chi connectivity index (χ0v) is 18.4. The standard InChI is InChI=1S/C22H27ClN4O4/c1-14(2)20(26-21(29)16-9-5-6-10-17(16)23)22(30)31-13-19(28)25-18-11-12-24-27(18)15-7-3-4-8-15/h5-6,9-12,14-15,20H,3-4,7-8,13H2,1-2H3,(H,25,28)(H,26,29)/t20-/m0/s1. The van der Waals surface area contributed by atoms with E-state index in [1.54, 1.807) is 50.4 Å². The van der Waals surface area contributed by atoms with E-state index < -0.39 is 30.4 Å². The summed E-state index contributed by atoms with van der Waals surface area (Å²) in [7, 11) is 0. The predicted octanol–water partition coefficient (Wildman–Crippen LogP) is 3.59. The Hall–Kier alpha value is -2.87. The van der Waals surface area contributed by atoms with E-state index >= 15 is 0 Å². The molecule has 3 rings (SSSR count). The molecule has 1 heterocycles. The van der Waals surface area contributed by atoms with Gasteiger partial charge in [-0.25, -0.2) is 9.48 Å². The van der Waals surface area contributed by atoms with Gasteiger partial charge in [0.25, 0.3) is 11.8 Å². The van der Waals surface area contributed by atoms with Crippen molar-refractivity contribution in [1.29, 1.82) is 0 Å². The number of rotatable bonds is 8. The van der Waals surface area contributed by atoms with E-state index in [1.165, 1.54) is 0 Å². The highest BCUT2D eigenvalue weighted by atomic mass is 35.5. The monoisotopic (exact) mass is 446 g/mol. The van der Waals surface area contributed by atoms with Crippen LogP contribution in [0.25, 0.3) is 0 Å². The van der Waals surface area contributed by atoms with E-state index in [2.05, 4.69) is 15.7 Å². The molecule has 1 atom stereocenters. The molecule has 0 aliphatic heterocycles. The number of carbonyl (C=O) groups excluding carboxylic acids is 3. The summed E-state index contributed by atoms with van der Waals surface area (Å²) in [4.78, 5) is 37.4. The molecule has 0 bridgehead atoms. The number of nitrogens with zero attached hydrogens (tertiary/aromatic N) is 2. The van der Waals surface area contributed by atoms with Gasteiger partial charge < -0.3 is 15.4 Å². The van der Waals surface area contributed by atoms with E-state index in [1.807, 2.05) is 4.68 Å². The first-order valence-electron chi connectivity index (χ1n) is 10.4. The molecule has 31 heavy (non-hydrogen) atoms. The van der Waals surface area contributed by atoms with Crippen LogP contribution < -0.4 is 10.6 Å². The minimum atomic E-state index is -0.916. The van der Waals surface area contributed by atoms with Gasteiger partial charge in [0.15, 0.2) is 6.61 Å². The fourth-order valence-corrected chi connectivity index (χ4v) is 3.84. The molecule has 2 N–H and O–H groups in total. The van der Waals surface area contributed by atoms with Crippen molar-refractivity contribution in [2.45, 2.75) is 51.6 Å². The smallest absolute Gasteiger partial charge is 0.329 e. The van der Waals surface area contributed by atoms with Gasteiger partial charge in [0.2, 0.25) is 0 Å². The maximum atomic E-state index is 12.6. The van der Waals surface area contributed by atoms with Crippen LogP contribution in [0.5, 0.6) is 0 Å². The lowest BCUT2D eigenvalue weighted by Gasteiger charge is -2.21. The van der Waals surface area contributed by atoms with Gasteiger partial charge in [0.05, 0.1) is 22.8 Å². The van der Waals surface area contributed by atoms with Crippen LogP contribution in [0.2, 0.25) is 5.02 Å². The lowest BCUT2D eigenvalue weighted by atomic mass is 10.0. The maximum absolute atomic E-state index is 12.6. The summed E-state index contributed by atoms with van der Waals surface area (Å²) in [6, 6.07) is 7.65. The van der Waals surface area contributed by atoms with Crippen LogP contribution in [-0.4, -0.2) is 40.2 Å². The van der Waals surface area contributed by atoms with E-state index in [9.17, 15) is 14.4 Å². The fourth-order valence-electron chi connectivity index (χ4n) is 3.62. The first kappa shape index (κ1) is 22.8. The van der Waals surface area contributed by atoms with E-state index in [0.29, 0.717) is 5.82 Å². The minimum Gasteiger partial charge on any atom is -0.454 e. The molecule has 2 aromatic rings. The molecule has 1 saturated carbocycles. The van der Waals surface area contributed by atoms with Crippen molar-refractivity contribution in [1.82, 2.24) is 15.1 Å². The third kappa shape index (κ3) is 5.85. The van der Waals surface area contributed by atoms with Crippen LogP contribution in [0.4, 0.5) is 5.82 Å². The summed E-state index contributed by atoms with van der Waals surface area (Å²) in [5.41, 5.74) is 0.264. The molecule has 1 aliphatic rings. The highest BCUT2D eigenvalue weighted by molar-refractivity contribution is 6.33. The van der Waals surface area contributed by atoms with E-state index in [-0.39, 0.29) is 22.5 Å². The van der Waals surface area contributed by atoms with Crippen LogP contribution in [0.3, 0.4) is 0 Å². The molecule has 166 valence electrons. The van der Waals surface area contributed by atoms with Gasteiger partial charge in [-0.3, -0.25) is 9.59 Å². The van der Waals surface area contributed by atoms with Crippen LogP contribution in [0, 0.1) is 5.92 Å². The van der Waals surface area contributed by atoms with Crippen molar-refractivity contribution in [3.63, 3.8) is 0 Å². The van der Waals surface area contributed by atoms with Crippen molar-refractivity contribution in [2.24, 2.45) is 5.92 Å². The van der Waals surface area contributed by atoms with Crippen LogP contribution in [-0.2, 0) is 14.3 Å². The molecule has 1 fully saturated rings. The molecular formula is C22H27ClN4O4. The number of hydrogen-bond acceptors (Lipinski definition) is 5. The number of nitrogens with one attached hydrogen (secondary N) is 2. The van der Waals surface area contributed by atoms with E-state index in [4.69, 9.17) is 16.3 Å². The minimum absolute atomic E-state index is 0.245. The van der Waals surface area contributed by atoms with Crippen molar-refractivity contribution in [2.75, 3.05) is 11.9 Å². The second-order valence-electron chi connectivity index (χ2n) is 7.93. The van der Waals surface area contributed by atoms with Gasteiger partial charge in [0.1, 0.15) is 11.9 Å². The normalized spacial score (nSPS) is 15.0. The average molecular weight is 447 g/mol. The SMILES string of the molecule is CC(C)[C@H](NC(=O)c1ccccc1Cl)C(=O)OCC(=O)Nc1ccnn1C1CCCC1. The molecule has 0 saturated heterocycles. The molecule has 1 aliphatic carbocycles. The number of benzene rings is 1. The second kappa shape index (κ2) is 10.4. The Balaban J connectivity index is 1.55. The number of halogens is 1. The summed E-state index contributed by atoms with van der Waals surface area (Å²) in [5, 5.41) is 9.98. The van der Waals surface area contributed by atoms with Gasteiger partial charge in [-0.1, -0.05) is 50.4 Å². The number of esters is 1. The van der Waals surface area contributed by atoms with Gasteiger partial charge >= 0.3 is 5.97 Å². The van der Waals surface area contributed by atoms with Crippen LogP contribution in [0.15, 0.2) is 36.5 Å². The Morgan fingerprint density at radius 3 is 2.58 bits per heavy atom. The number of ether oxygens (including phenoxy) is 1. The summed E-state index contributed by atoms with van der Waals surface area (Å²) in [5.74, 6) is -1.29. The quantitative estimate of drug-likeness (QED) is 0.603. The average Bonchev–Trinajstić information content (AvgIpc) is 3.42. The van der Waals surface area contributed by atoms with Gasteiger partial charge in [-0.2, -0.15) is 5.10 Å². The lowest BCUT2D eigenvalue weighted by molar-refractivity contribution is -0.150. The highest BCUT2D eigenvalue weighted by Gasteiger charge is 2.28. The van der Waals surface area contributed by atoms with Gasteiger partial charge in [0, 0.05) is 6.07 Å². The van der Waals surface area contributed by atoms with Crippen molar-refractivity contribution >= 4 is 35.2 Å². The summed E-state index contributed by atoms with van der Waals surface area (Å²) in [6.45, 7) is 3.10. The zero-order chi connectivity index (χ0) is 22.4. The largest absolute Gasteiger partial charge is 0.454 e. The molecular weight excluding hydrogens is 420 g/mol. The fraction of sp³-hybridized carbons (Fsp3) is 0.455. The molecule has 0 spiro atoms. The Labute approximate surface area is 186 Å². The molecule has 0 radical (unpaired) electrons. The Morgan fingerprint density at radius 2 is 1.90 bits per heavy atom. The van der Waals surface area contributed by atoms with Gasteiger partial charge in [-0.15, -0.1) is 0 Å². The molecule has 9 heteroatoms. The Bertz CT molecular complexity index is 937. The third-order valence-corrected chi connectivity index (χ3v) is 5.61. The van der Waals surface area contributed by atoms with Crippen molar-refractivity contribution in [3.8, 4) is 0 Å². The summed E-state index contributed by atoms with van der Waals surface area (Å²) >= 11 is 6.05. The maximum Gasteiger partial charge on any atom is 0.329 e. The molecule has 8 nitrogen and oxygen atoms in total. The lowest BCUT2D eigenvalue weighted by Crippen LogP contribution is -2.46. The number of carbonyl (C=O) groups is 3. The van der Waals surface area contributed by atoms with Crippen LogP contribution in [0.1, 0.15) is 55.9 Å². The molecule has 2 amide bonds. The Kier molecular flexibility index (Phi) is 7.68. The van der Waals surface area contributed by atoms with Crippen molar-refractivity contribution in [3.05, 3.63) is 47.1 Å². The molecule has 1 aromatic carbocycles. The third-order valence-electron chi connectivity index (χ3n) is 5.28. The Morgan fingerprint density at radius 1 is 1.19 bits per heavy atom. The van der Waals surface area contributed by atoms with Gasteiger partial charge in [-0.05, 0) is 30.9 Å². The zero-order valence-electron chi connectivity index (χ0n) is 17.6. The van der Waals surface area contributed by atoms with Crippen molar-refractivity contribution < 1.29 is 19.1 Å². The first-order chi connectivity index (χ1) is 14.9. The number of anilines is 1. The highest BCUT2D eigenvalue weighted by Crippen LogP contribution is 2.31. The number of amides is 2. The molecule has 1 aromatic heterocycles. The summed E-state index contributed by atoms with van der Waals surface area (Å²) < 4.78 is 6.99. The first-order valence-corrected chi connectivity index (χ1v) is 10.8. The number of aromatic nitrogens is 2. The van der Waals surface area contributed by atoms with Crippen LogP contribution >= 0.6 is 11.6 Å². The number of hydrogen-bond donors (Lipinski definition) is 2. The van der Waals surface area contributed by atoms with E-state index in [0.717, 1.165) is 25.7 Å². The summed E-state index contributed by atoms with van der Waals surface area (Å²) in [6.07, 6.45) is 5.98. The molecule has 0 unspecified atom stereocenters. The predicted molar refractivity (Wildman–Crippen MR) is 117 cm³/mol. The second-order valence-corrected chi connectivity index (χ2v) is 8.34.